The predicted octanol–water partition coefficient (Wildman–Crippen LogP) is 7.26. The van der Waals surface area contributed by atoms with E-state index < -0.39 is 18.3 Å². The van der Waals surface area contributed by atoms with E-state index in [4.69, 9.17) is 23.7 Å². The van der Waals surface area contributed by atoms with Gasteiger partial charge in [0.05, 0.1) is 33.0 Å². The number of benzene rings is 4. The van der Waals surface area contributed by atoms with Gasteiger partial charge in [-0.15, -0.1) is 0 Å². The van der Waals surface area contributed by atoms with Gasteiger partial charge in [0, 0.05) is 0 Å². The van der Waals surface area contributed by atoms with Gasteiger partial charge in [0.1, 0.15) is 24.1 Å². The first kappa shape index (κ1) is 28.8. The van der Waals surface area contributed by atoms with Crippen molar-refractivity contribution in [2.24, 2.45) is 0 Å². The smallest absolute Gasteiger partial charge is 0.150 e. The van der Waals surface area contributed by atoms with Crippen LogP contribution in [0.5, 0.6) is 0 Å². The molecule has 1 heterocycles. The molecule has 1 fully saturated rings. The first-order valence-corrected chi connectivity index (χ1v) is 14.2. The molecule has 5 nitrogen and oxygen atoms in total. The zero-order valence-corrected chi connectivity index (χ0v) is 23.5. The lowest BCUT2D eigenvalue weighted by Crippen LogP contribution is -2.56. The Morgan fingerprint density at radius 2 is 0.951 bits per heavy atom. The highest BCUT2D eigenvalue weighted by atomic mass is 16.6. The average molecular weight is 551 g/mol. The second-order valence-corrected chi connectivity index (χ2v) is 10.1. The summed E-state index contributed by atoms with van der Waals surface area (Å²) in [4.78, 5) is 0. The summed E-state index contributed by atoms with van der Waals surface area (Å²) in [5.74, 6) is 0.729. The standard InChI is InChI=1S/C36H38O5/c1-2-32-34(38-24-29-17-9-4-10-18-29)36(40-26-31-21-13-6-14-22-31)35(39-25-30-19-11-5-12-20-30)33(41-32)27-37-23-28-15-7-3-8-16-28/h2-22,33-36H,23-27H2,1H3/b32-2-/t33-,34?,35-,36-/m1/s1. The van der Waals surface area contributed by atoms with E-state index in [-0.39, 0.29) is 6.10 Å². The van der Waals surface area contributed by atoms with Crippen LogP contribution in [-0.2, 0) is 50.1 Å². The Morgan fingerprint density at radius 3 is 1.41 bits per heavy atom. The van der Waals surface area contributed by atoms with E-state index in [1.165, 1.54) is 0 Å². The molecule has 0 aliphatic carbocycles. The molecular formula is C36H38O5. The maximum absolute atomic E-state index is 6.67. The third-order valence-electron chi connectivity index (χ3n) is 7.08. The molecule has 0 bridgehead atoms. The lowest BCUT2D eigenvalue weighted by molar-refractivity contribution is -0.223. The second kappa shape index (κ2) is 15.3. The van der Waals surface area contributed by atoms with Crippen molar-refractivity contribution in [2.45, 2.75) is 57.8 Å². The molecule has 5 heteroatoms. The summed E-state index contributed by atoms with van der Waals surface area (Å²) >= 11 is 0. The quantitative estimate of drug-likeness (QED) is 0.175. The highest BCUT2D eigenvalue weighted by molar-refractivity contribution is 5.18. The lowest BCUT2D eigenvalue weighted by atomic mass is 9.96. The first-order valence-electron chi connectivity index (χ1n) is 14.2. The molecule has 4 atom stereocenters. The van der Waals surface area contributed by atoms with Gasteiger partial charge < -0.3 is 23.7 Å². The maximum Gasteiger partial charge on any atom is 0.150 e. The summed E-state index contributed by atoms with van der Waals surface area (Å²) in [6.07, 6.45) is 0.277. The molecule has 212 valence electrons. The Bertz CT molecular complexity index is 1310. The fourth-order valence-electron chi connectivity index (χ4n) is 4.94. The first-order chi connectivity index (χ1) is 20.3. The number of hydrogen-bond acceptors (Lipinski definition) is 5. The fourth-order valence-corrected chi connectivity index (χ4v) is 4.94. The highest BCUT2D eigenvalue weighted by Crippen LogP contribution is 2.33. The van der Waals surface area contributed by atoms with Gasteiger partial charge in [-0.3, -0.25) is 0 Å². The monoisotopic (exact) mass is 550 g/mol. The molecule has 41 heavy (non-hydrogen) atoms. The topological polar surface area (TPSA) is 46.2 Å². The van der Waals surface area contributed by atoms with E-state index in [0.29, 0.717) is 33.0 Å². The van der Waals surface area contributed by atoms with Crippen LogP contribution in [-0.4, -0.2) is 31.0 Å². The number of rotatable bonds is 13. The van der Waals surface area contributed by atoms with Gasteiger partial charge in [-0.25, -0.2) is 0 Å². The molecule has 0 saturated carbocycles. The summed E-state index contributed by atoms with van der Waals surface area (Å²) in [6.45, 7) is 4.08. The van der Waals surface area contributed by atoms with Crippen molar-refractivity contribution in [3.8, 4) is 0 Å². The van der Waals surface area contributed by atoms with Crippen molar-refractivity contribution < 1.29 is 23.7 Å². The Hall–Kier alpha value is -3.74. The van der Waals surface area contributed by atoms with Crippen molar-refractivity contribution in [3.63, 3.8) is 0 Å². The zero-order chi connectivity index (χ0) is 28.1. The van der Waals surface area contributed by atoms with Crippen molar-refractivity contribution in [1.29, 1.82) is 0 Å². The molecule has 4 aromatic rings. The molecule has 1 unspecified atom stereocenters. The van der Waals surface area contributed by atoms with Gasteiger partial charge in [-0.1, -0.05) is 121 Å². The van der Waals surface area contributed by atoms with E-state index in [2.05, 4.69) is 48.5 Å². The Labute approximate surface area is 243 Å². The minimum atomic E-state index is -0.449. The Balaban J connectivity index is 1.39. The molecule has 0 radical (unpaired) electrons. The molecule has 1 saturated heterocycles. The van der Waals surface area contributed by atoms with Gasteiger partial charge >= 0.3 is 0 Å². The molecule has 4 aromatic carbocycles. The van der Waals surface area contributed by atoms with E-state index >= 15 is 0 Å². The van der Waals surface area contributed by atoms with Crippen molar-refractivity contribution in [1.82, 2.24) is 0 Å². The summed E-state index contributed by atoms with van der Waals surface area (Å²) in [6, 6.07) is 40.6. The van der Waals surface area contributed by atoms with Gasteiger partial charge in [0.25, 0.3) is 0 Å². The van der Waals surface area contributed by atoms with E-state index in [1.807, 2.05) is 85.8 Å². The van der Waals surface area contributed by atoms with Crippen molar-refractivity contribution >= 4 is 0 Å². The van der Waals surface area contributed by atoms with Crippen LogP contribution in [0, 0.1) is 0 Å². The normalized spacial score (nSPS) is 21.4. The summed E-state index contributed by atoms with van der Waals surface area (Å²) in [7, 11) is 0. The van der Waals surface area contributed by atoms with Gasteiger partial charge in [0.15, 0.2) is 6.10 Å². The Morgan fingerprint density at radius 1 is 0.537 bits per heavy atom. The Kier molecular flexibility index (Phi) is 10.7. The fraction of sp³-hybridized carbons (Fsp3) is 0.278. The zero-order valence-electron chi connectivity index (χ0n) is 23.5. The van der Waals surface area contributed by atoms with Gasteiger partial charge in [0.2, 0.25) is 0 Å². The summed E-state index contributed by atoms with van der Waals surface area (Å²) < 4.78 is 32.6. The predicted molar refractivity (Wildman–Crippen MR) is 160 cm³/mol. The van der Waals surface area contributed by atoms with E-state index in [1.54, 1.807) is 0 Å². The molecule has 5 rings (SSSR count). The van der Waals surface area contributed by atoms with Crippen molar-refractivity contribution in [3.05, 3.63) is 155 Å². The third-order valence-corrected chi connectivity index (χ3v) is 7.08. The van der Waals surface area contributed by atoms with Crippen LogP contribution >= 0.6 is 0 Å². The van der Waals surface area contributed by atoms with E-state index in [0.717, 1.165) is 28.0 Å². The summed E-state index contributed by atoms with van der Waals surface area (Å²) in [5, 5.41) is 0. The number of ether oxygens (including phenoxy) is 5. The van der Waals surface area contributed by atoms with Crippen LogP contribution in [0.1, 0.15) is 29.2 Å². The molecular weight excluding hydrogens is 512 g/mol. The van der Waals surface area contributed by atoms with Crippen LogP contribution in [0.4, 0.5) is 0 Å². The second-order valence-electron chi connectivity index (χ2n) is 10.1. The van der Waals surface area contributed by atoms with E-state index in [9.17, 15) is 0 Å². The van der Waals surface area contributed by atoms with Crippen LogP contribution in [0.25, 0.3) is 0 Å². The molecule has 0 spiro atoms. The highest BCUT2D eigenvalue weighted by Gasteiger charge is 2.46. The minimum Gasteiger partial charge on any atom is -0.487 e. The minimum absolute atomic E-state index is 0.349. The molecule has 1 aliphatic heterocycles. The SMILES string of the molecule is C/C=C1\O[C@H](COCc2ccccc2)[C@@H](OCc2ccccc2)[C@H](OCc2ccccc2)C1OCc1ccccc1. The largest absolute Gasteiger partial charge is 0.487 e. The van der Waals surface area contributed by atoms with Gasteiger partial charge in [-0.05, 0) is 35.3 Å². The summed E-state index contributed by atoms with van der Waals surface area (Å²) in [5.41, 5.74) is 4.36. The molecule has 0 N–H and O–H groups in total. The molecule has 1 aliphatic rings. The number of hydrogen-bond donors (Lipinski definition) is 0. The van der Waals surface area contributed by atoms with Crippen LogP contribution in [0.15, 0.2) is 133 Å². The lowest BCUT2D eigenvalue weighted by Gasteiger charge is -2.43. The number of allylic oxidation sites excluding steroid dienone is 1. The molecule has 0 aromatic heterocycles. The van der Waals surface area contributed by atoms with Crippen LogP contribution in [0.3, 0.4) is 0 Å². The van der Waals surface area contributed by atoms with Crippen LogP contribution in [0.2, 0.25) is 0 Å². The maximum atomic E-state index is 6.67. The van der Waals surface area contributed by atoms with Gasteiger partial charge in [-0.2, -0.15) is 0 Å². The average Bonchev–Trinajstić information content (AvgIpc) is 3.04. The third kappa shape index (κ3) is 8.38. The van der Waals surface area contributed by atoms with Crippen LogP contribution < -0.4 is 0 Å². The van der Waals surface area contributed by atoms with Crippen molar-refractivity contribution in [2.75, 3.05) is 6.61 Å². The molecule has 0 amide bonds.